The monoisotopic (exact) mass is 474 g/mol. The Bertz CT molecular complexity index is 940. The highest BCUT2D eigenvalue weighted by Crippen LogP contribution is 2.32. The summed E-state index contributed by atoms with van der Waals surface area (Å²) in [7, 11) is 0. The van der Waals surface area contributed by atoms with Crippen LogP contribution in [-0.2, 0) is 0 Å². The van der Waals surface area contributed by atoms with Gasteiger partial charge in [-0.3, -0.25) is 9.56 Å². The number of alkyl halides is 6. The third-order valence-corrected chi connectivity index (χ3v) is 6.59. The predicted octanol–water partition coefficient (Wildman–Crippen LogP) is 6.89. The third kappa shape index (κ3) is 7.04. The molecular weight excluding hydrogens is 453 g/mol. The number of hydrogen-bond acceptors (Lipinski definition) is 3. The maximum absolute atomic E-state index is 14.7. The smallest absolute Gasteiger partial charge is 0.287 e. The van der Waals surface area contributed by atoms with Crippen LogP contribution in [0.25, 0.3) is 5.69 Å². The molecule has 0 saturated heterocycles. The molecule has 0 fully saturated rings. The fraction of sp³-hybridized carbons (Fsp3) is 0.526. The average molecular weight is 475 g/mol. The lowest BCUT2D eigenvalue weighted by molar-refractivity contribution is -0.135. The van der Waals surface area contributed by atoms with Gasteiger partial charge in [-0.2, -0.15) is 26.3 Å². The van der Waals surface area contributed by atoms with Crippen molar-refractivity contribution in [3.63, 3.8) is 0 Å². The molecule has 0 radical (unpaired) electrons. The molecule has 0 bridgehead atoms. The van der Waals surface area contributed by atoms with Crippen molar-refractivity contribution in [2.45, 2.75) is 57.3 Å². The Balaban J connectivity index is 2.35. The number of aromatic nitrogens is 1. The summed E-state index contributed by atoms with van der Waals surface area (Å²) in [5.74, 6) is -1.70. The van der Waals surface area contributed by atoms with Crippen molar-refractivity contribution in [3.8, 4) is 5.69 Å². The first-order chi connectivity index (χ1) is 13.8. The molecule has 1 aromatic heterocycles. The van der Waals surface area contributed by atoms with Crippen LogP contribution in [0.5, 0.6) is 0 Å². The van der Waals surface area contributed by atoms with E-state index in [0.29, 0.717) is 32.7 Å². The lowest BCUT2D eigenvalue weighted by atomic mass is 10.2. The number of benzene rings is 1. The Morgan fingerprint density at radius 1 is 1.00 bits per heavy atom. The molecule has 2 rings (SSSR count). The molecule has 0 unspecified atom stereocenters. The minimum absolute atomic E-state index is 0.0620. The first-order valence-electron chi connectivity index (χ1n) is 9.05. The van der Waals surface area contributed by atoms with Gasteiger partial charge in [0.05, 0.1) is 11.4 Å². The van der Waals surface area contributed by atoms with E-state index >= 15 is 0 Å². The Kier molecular flexibility index (Phi) is 8.06. The second kappa shape index (κ2) is 9.76. The molecule has 0 saturated carbocycles. The van der Waals surface area contributed by atoms with Crippen LogP contribution < -0.4 is 4.80 Å². The Morgan fingerprint density at radius 2 is 1.67 bits per heavy atom. The van der Waals surface area contributed by atoms with Crippen LogP contribution in [0.3, 0.4) is 0 Å². The van der Waals surface area contributed by atoms with Gasteiger partial charge in [0.25, 0.3) is 0 Å². The van der Waals surface area contributed by atoms with Gasteiger partial charge in [0.2, 0.25) is 0 Å². The number of aryl methyl sites for hydroxylation is 2. The first kappa shape index (κ1) is 24.8. The van der Waals surface area contributed by atoms with Crippen LogP contribution in [0.1, 0.15) is 35.4 Å². The molecule has 1 heterocycles. The Hall–Kier alpha value is -1.49. The lowest BCUT2D eigenvalue weighted by Gasteiger charge is -2.13. The second-order valence-corrected chi connectivity index (χ2v) is 8.99. The molecule has 0 N–H and O–H groups in total. The molecule has 0 spiro atoms. The van der Waals surface area contributed by atoms with Crippen LogP contribution >= 0.6 is 23.1 Å². The van der Waals surface area contributed by atoms with E-state index < -0.39 is 30.3 Å². The number of halogens is 7. The van der Waals surface area contributed by atoms with Crippen molar-refractivity contribution < 1.29 is 30.7 Å². The van der Waals surface area contributed by atoms with Crippen molar-refractivity contribution in [2.75, 3.05) is 12.3 Å². The summed E-state index contributed by atoms with van der Waals surface area (Å²) >= 11 is 1.83. The number of thiazole rings is 1. The fourth-order valence-corrected chi connectivity index (χ4v) is 4.48. The molecule has 2 nitrogen and oxygen atoms in total. The summed E-state index contributed by atoms with van der Waals surface area (Å²) in [5, 5.41) is 0. The summed E-state index contributed by atoms with van der Waals surface area (Å²) in [6, 6.07) is 2.55. The predicted molar refractivity (Wildman–Crippen MR) is 105 cm³/mol. The molecule has 0 amide bonds. The van der Waals surface area contributed by atoms with Gasteiger partial charge < -0.3 is 0 Å². The average Bonchev–Trinajstić information content (AvgIpc) is 2.86. The van der Waals surface area contributed by atoms with E-state index in [1.54, 1.807) is 13.8 Å². The standard InChI is InChI=1S/C19H21F7N2S2/c1-11-8-14(20)15(9-16(11)29-10-19(24,25)26)28-12(2)13(3)30-17(28)27-7-5-4-6-18(21,22)23/h8-9H,4-7,10H2,1-3H3. The maximum atomic E-state index is 14.7. The molecule has 0 atom stereocenters. The highest BCUT2D eigenvalue weighted by Gasteiger charge is 2.28. The topological polar surface area (TPSA) is 17.3 Å². The summed E-state index contributed by atoms with van der Waals surface area (Å²) in [6.07, 6.45) is -9.31. The van der Waals surface area contributed by atoms with E-state index in [4.69, 9.17) is 0 Å². The van der Waals surface area contributed by atoms with Crippen molar-refractivity contribution >= 4 is 23.1 Å². The maximum Gasteiger partial charge on any atom is 0.398 e. The number of hydrogen-bond donors (Lipinski definition) is 0. The minimum atomic E-state index is -4.36. The van der Waals surface area contributed by atoms with Gasteiger partial charge in [-0.05, 0) is 51.3 Å². The van der Waals surface area contributed by atoms with Gasteiger partial charge in [-0.1, -0.05) is 0 Å². The van der Waals surface area contributed by atoms with Gasteiger partial charge in [0.15, 0.2) is 4.80 Å². The van der Waals surface area contributed by atoms with Crippen LogP contribution in [-0.4, -0.2) is 29.2 Å². The van der Waals surface area contributed by atoms with Gasteiger partial charge in [0, 0.05) is 28.4 Å². The molecule has 0 aliphatic heterocycles. The van der Waals surface area contributed by atoms with E-state index in [2.05, 4.69) is 4.99 Å². The van der Waals surface area contributed by atoms with Gasteiger partial charge in [0.1, 0.15) is 5.82 Å². The van der Waals surface area contributed by atoms with Crippen molar-refractivity contribution in [1.82, 2.24) is 4.57 Å². The van der Waals surface area contributed by atoms with E-state index in [-0.39, 0.29) is 25.1 Å². The molecule has 0 aliphatic rings. The zero-order chi connectivity index (χ0) is 22.7. The lowest BCUT2D eigenvalue weighted by Crippen LogP contribution is -2.17. The highest BCUT2D eigenvalue weighted by atomic mass is 32.2. The van der Waals surface area contributed by atoms with E-state index in [9.17, 15) is 30.7 Å². The highest BCUT2D eigenvalue weighted by molar-refractivity contribution is 7.99. The molecule has 2 aromatic rings. The van der Waals surface area contributed by atoms with Gasteiger partial charge in [-0.15, -0.1) is 23.1 Å². The Morgan fingerprint density at radius 3 is 2.27 bits per heavy atom. The quantitative estimate of drug-likeness (QED) is 0.243. The molecular formula is C19H21F7N2S2. The van der Waals surface area contributed by atoms with Crippen molar-refractivity contribution in [2.24, 2.45) is 4.99 Å². The van der Waals surface area contributed by atoms with Crippen LogP contribution in [0.2, 0.25) is 0 Å². The Labute approximate surface area is 177 Å². The molecule has 11 heteroatoms. The normalized spacial score (nSPS) is 13.3. The fourth-order valence-electron chi connectivity index (χ4n) is 2.68. The summed E-state index contributed by atoms with van der Waals surface area (Å²) < 4.78 is 90.8. The number of rotatable bonds is 7. The van der Waals surface area contributed by atoms with Gasteiger partial charge in [-0.25, -0.2) is 4.39 Å². The zero-order valence-electron chi connectivity index (χ0n) is 16.5. The third-order valence-electron chi connectivity index (χ3n) is 4.27. The number of thioether (sulfide) groups is 1. The number of nitrogens with zero attached hydrogens (tertiary/aromatic N) is 2. The number of unbranched alkanes of at least 4 members (excludes halogenated alkanes) is 1. The van der Waals surface area contributed by atoms with Crippen molar-refractivity contribution in [3.05, 3.63) is 38.9 Å². The second-order valence-electron chi connectivity index (χ2n) is 6.79. The van der Waals surface area contributed by atoms with Gasteiger partial charge >= 0.3 is 12.4 Å². The molecule has 1 aromatic carbocycles. The molecule has 30 heavy (non-hydrogen) atoms. The largest absolute Gasteiger partial charge is 0.398 e. The van der Waals surface area contributed by atoms with Crippen LogP contribution in [0, 0.1) is 26.6 Å². The minimum Gasteiger partial charge on any atom is -0.287 e. The van der Waals surface area contributed by atoms with Crippen molar-refractivity contribution in [1.29, 1.82) is 0 Å². The van der Waals surface area contributed by atoms with Crippen LogP contribution in [0.4, 0.5) is 30.7 Å². The molecule has 0 aliphatic carbocycles. The zero-order valence-corrected chi connectivity index (χ0v) is 18.2. The van der Waals surface area contributed by atoms with E-state index in [0.717, 1.165) is 4.88 Å². The van der Waals surface area contributed by atoms with E-state index in [1.165, 1.54) is 35.0 Å². The first-order valence-corrected chi connectivity index (χ1v) is 10.8. The van der Waals surface area contributed by atoms with E-state index in [1.807, 2.05) is 0 Å². The van der Waals surface area contributed by atoms with Crippen LogP contribution in [0.15, 0.2) is 22.0 Å². The molecule has 168 valence electrons. The summed E-state index contributed by atoms with van der Waals surface area (Å²) in [6.45, 7) is 5.20. The summed E-state index contributed by atoms with van der Waals surface area (Å²) in [5.41, 5.74) is 1.13. The summed E-state index contributed by atoms with van der Waals surface area (Å²) in [4.78, 5) is 5.85. The SMILES string of the molecule is Cc1cc(F)c(-n2c(C)c(C)sc2=NCCCCC(F)(F)F)cc1SCC(F)(F)F.